The van der Waals surface area contributed by atoms with E-state index in [1.54, 1.807) is 0 Å². The van der Waals surface area contributed by atoms with Crippen LogP contribution < -0.4 is 4.72 Å². The first-order valence-corrected chi connectivity index (χ1v) is 10.1. The Kier molecular flexibility index (Phi) is 5.47. The molecule has 0 aliphatic carbocycles. The lowest BCUT2D eigenvalue weighted by Crippen LogP contribution is -2.32. The van der Waals surface area contributed by atoms with E-state index in [9.17, 15) is 21.2 Å². The molecule has 0 unspecified atom stereocenters. The van der Waals surface area contributed by atoms with Gasteiger partial charge in [-0.2, -0.15) is 4.31 Å². The lowest BCUT2D eigenvalue weighted by molar-refractivity contribution is 0.449. The molecular weight excluding hydrogens is 367 g/mol. The predicted molar refractivity (Wildman–Crippen MR) is 85.4 cm³/mol. The largest absolute Gasteiger partial charge is 0.246 e. The van der Waals surface area contributed by atoms with Crippen LogP contribution in [-0.2, 0) is 20.0 Å². The monoisotopic (exact) mass is 382 g/mol. The van der Waals surface area contributed by atoms with Crippen LogP contribution in [0.4, 0.5) is 4.39 Å². The van der Waals surface area contributed by atoms with E-state index >= 15 is 0 Å². The van der Waals surface area contributed by atoms with Crippen molar-refractivity contribution in [2.75, 3.05) is 19.6 Å². The molecule has 1 heterocycles. The summed E-state index contributed by atoms with van der Waals surface area (Å²) in [5, 5.41) is 0.526. The summed E-state index contributed by atoms with van der Waals surface area (Å²) in [7, 11) is -7.56. The van der Waals surface area contributed by atoms with E-state index in [4.69, 9.17) is 11.6 Å². The Labute approximate surface area is 140 Å². The molecule has 1 aromatic carbocycles. The molecule has 2 rings (SSSR count). The molecule has 0 aromatic heterocycles. The van der Waals surface area contributed by atoms with Gasteiger partial charge in [0.05, 0.1) is 5.02 Å². The first-order valence-electron chi connectivity index (χ1n) is 6.73. The molecule has 0 bridgehead atoms. The summed E-state index contributed by atoms with van der Waals surface area (Å²) in [4.78, 5) is -0.475. The molecule has 1 aromatic rings. The summed E-state index contributed by atoms with van der Waals surface area (Å²) in [5.74, 6) is -1.17. The Morgan fingerprint density at radius 3 is 2.74 bits per heavy atom. The van der Waals surface area contributed by atoms with Crippen LogP contribution in [0.1, 0.15) is 6.42 Å². The zero-order valence-corrected chi connectivity index (χ0v) is 14.5. The van der Waals surface area contributed by atoms with Gasteiger partial charge in [0.25, 0.3) is 0 Å². The lowest BCUT2D eigenvalue weighted by Gasteiger charge is -2.17. The third-order valence-corrected chi connectivity index (χ3v) is 6.76. The van der Waals surface area contributed by atoms with Gasteiger partial charge in [-0.3, -0.25) is 0 Å². The summed E-state index contributed by atoms with van der Waals surface area (Å²) in [5.41, 5.74) is 0. The van der Waals surface area contributed by atoms with Crippen molar-refractivity contribution < 1.29 is 21.2 Å². The summed E-state index contributed by atoms with van der Waals surface area (Å²) in [6, 6.07) is 3.79. The highest BCUT2D eigenvalue weighted by molar-refractivity contribution is 7.92. The van der Waals surface area contributed by atoms with Crippen LogP contribution in [0, 0.1) is 11.7 Å². The normalized spacial score (nSPS) is 19.8. The highest BCUT2D eigenvalue weighted by Crippen LogP contribution is 2.28. The topological polar surface area (TPSA) is 83.6 Å². The maximum absolute atomic E-state index is 14.0. The summed E-state index contributed by atoms with van der Waals surface area (Å²) < 4.78 is 65.0. The quantitative estimate of drug-likeness (QED) is 0.809. The second-order valence-electron chi connectivity index (χ2n) is 5.13. The highest BCUT2D eigenvalue weighted by Gasteiger charge is 2.34. The van der Waals surface area contributed by atoms with Crippen molar-refractivity contribution in [1.82, 2.24) is 9.03 Å². The number of sulfonamides is 2. The standard InChI is InChI=1S/C13H16ClFN2O4S2/c1-2-22(18,19)16-8-10-6-7-17(9-10)23(20,21)12-5-3-4-11(14)13(12)15/h2-5,10,16H,1,6-9H2/t10-/m1/s1. The Morgan fingerprint density at radius 2 is 2.09 bits per heavy atom. The second-order valence-corrected chi connectivity index (χ2v) is 9.16. The van der Waals surface area contributed by atoms with Crippen LogP contribution in [0.15, 0.2) is 35.1 Å². The van der Waals surface area contributed by atoms with Gasteiger partial charge in [0.1, 0.15) is 4.90 Å². The Balaban J connectivity index is 2.11. The second kappa shape index (κ2) is 6.86. The first kappa shape index (κ1) is 18.3. The molecule has 0 amide bonds. The van der Waals surface area contributed by atoms with E-state index in [-0.39, 0.29) is 30.6 Å². The molecule has 0 spiro atoms. The molecular formula is C13H16ClFN2O4S2. The highest BCUT2D eigenvalue weighted by atomic mass is 35.5. The lowest BCUT2D eigenvalue weighted by atomic mass is 10.1. The minimum Gasteiger partial charge on any atom is -0.211 e. The maximum Gasteiger partial charge on any atom is 0.246 e. The van der Waals surface area contributed by atoms with Crippen molar-refractivity contribution in [2.24, 2.45) is 5.92 Å². The van der Waals surface area contributed by atoms with E-state index in [1.807, 2.05) is 0 Å². The zero-order valence-electron chi connectivity index (χ0n) is 12.1. The van der Waals surface area contributed by atoms with Gasteiger partial charge in [-0.05, 0) is 24.5 Å². The van der Waals surface area contributed by atoms with Crippen LogP contribution in [0.25, 0.3) is 0 Å². The molecule has 1 fully saturated rings. The van der Waals surface area contributed by atoms with Crippen LogP contribution in [0.3, 0.4) is 0 Å². The van der Waals surface area contributed by atoms with Gasteiger partial charge in [-0.1, -0.05) is 24.2 Å². The fraction of sp³-hybridized carbons (Fsp3) is 0.385. The smallest absolute Gasteiger partial charge is 0.211 e. The van der Waals surface area contributed by atoms with Gasteiger partial charge < -0.3 is 0 Å². The number of nitrogens with zero attached hydrogens (tertiary/aromatic N) is 1. The molecule has 128 valence electrons. The average Bonchev–Trinajstić information content (AvgIpc) is 2.98. The fourth-order valence-corrected chi connectivity index (χ4v) is 4.73. The van der Waals surface area contributed by atoms with E-state index in [0.29, 0.717) is 6.42 Å². The number of hydrogen-bond acceptors (Lipinski definition) is 4. The summed E-state index contributed by atoms with van der Waals surface area (Å²) in [6.07, 6.45) is 0.473. The average molecular weight is 383 g/mol. The van der Waals surface area contributed by atoms with Crippen molar-refractivity contribution in [3.8, 4) is 0 Å². The molecule has 0 radical (unpaired) electrons. The van der Waals surface area contributed by atoms with Crippen molar-refractivity contribution in [3.63, 3.8) is 0 Å². The third-order valence-electron chi connectivity index (χ3n) is 3.58. The van der Waals surface area contributed by atoms with Gasteiger partial charge in [0, 0.05) is 25.0 Å². The molecule has 0 saturated carbocycles. The Morgan fingerprint density at radius 1 is 1.39 bits per heavy atom. The van der Waals surface area contributed by atoms with Gasteiger partial charge in [-0.25, -0.2) is 25.9 Å². The molecule has 1 N–H and O–H groups in total. The molecule has 1 atom stereocenters. The van der Waals surface area contributed by atoms with E-state index in [1.165, 1.54) is 12.1 Å². The van der Waals surface area contributed by atoms with Crippen LogP contribution >= 0.6 is 11.6 Å². The van der Waals surface area contributed by atoms with Crippen LogP contribution in [0.5, 0.6) is 0 Å². The summed E-state index contributed by atoms with van der Waals surface area (Å²) in [6.45, 7) is 3.57. The minimum atomic E-state index is -4.01. The molecule has 1 aliphatic heterocycles. The number of rotatable bonds is 6. The third kappa shape index (κ3) is 4.10. The van der Waals surface area contributed by atoms with E-state index in [0.717, 1.165) is 15.8 Å². The number of nitrogens with one attached hydrogen (secondary N) is 1. The SMILES string of the molecule is C=CS(=O)(=O)NC[C@H]1CCN(S(=O)(=O)c2cccc(Cl)c2F)C1. The van der Waals surface area contributed by atoms with E-state index < -0.39 is 30.8 Å². The van der Waals surface area contributed by atoms with E-state index in [2.05, 4.69) is 11.3 Å². The molecule has 1 saturated heterocycles. The number of benzene rings is 1. The molecule has 6 nitrogen and oxygen atoms in total. The predicted octanol–water partition coefficient (Wildman–Crippen LogP) is 1.55. The molecule has 1 aliphatic rings. The zero-order chi connectivity index (χ0) is 17.3. The van der Waals surface area contributed by atoms with Crippen molar-refractivity contribution in [2.45, 2.75) is 11.3 Å². The Hall–Kier alpha value is -1.00. The Bertz CT molecular complexity index is 811. The first-order chi connectivity index (χ1) is 10.7. The van der Waals surface area contributed by atoms with Crippen LogP contribution in [0.2, 0.25) is 5.02 Å². The van der Waals surface area contributed by atoms with Gasteiger partial charge in [0.15, 0.2) is 5.82 Å². The van der Waals surface area contributed by atoms with Gasteiger partial charge in [-0.15, -0.1) is 0 Å². The van der Waals surface area contributed by atoms with Crippen molar-refractivity contribution >= 4 is 31.6 Å². The fourth-order valence-electron chi connectivity index (χ4n) is 2.30. The molecule has 23 heavy (non-hydrogen) atoms. The van der Waals surface area contributed by atoms with Gasteiger partial charge >= 0.3 is 0 Å². The summed E-state index contributed by atoms with van der Waals surface area (Å²) >= 11 is 5.63. The van der Waals surface area contributed by atoms with Crippen molar-refractivity contribution in [1.29, 1.82) is 0 Å². The maximum atomic E-state index is 14.0. The molecule has 10 heteroatoms. The van der Waals surface area contributed by atoms with Crippen LogP contribution in [-0.4, -0.2) is 40.8 Å². The van der Waals surface area contributed by atoms with Crippen molar-refractivity contribution in [3.05, 3.63) is 41.0 Å². The van der Waals surface area contributed by atoms with Gasteiger partial charge in [0.2, 0.25) is 20.0 Å². The minimum absolute atomic E-state index is 0.0956. The number of halogens is 2. The number of hydrogen-bond donors (Lipinski definition) is 1.